The van der Waals surface area contributed by atoms with Crippen molar-refractivity contribution >= 4 is 17.5 Å². The zero-order valence-electron chi connectivity index (χ0n) is 17.7. The lowest BCUT2D eigenvalue weighted by atomic mass is 9.69. The summed E-state index contributed by atoms with van der Waals surface area (Å²) in [7, 11) is 2.90. The zero-order valence-corrected chi connectivity index (χ0v) is 17.7. The maximum atomic E-state index is 14.8. The summed E-state index contributed by atoms with van der Waals surface area (Å²) in [6.07, 6.45) is 0.822. The summed E-state index contributed by atoms with van der Waals surface area (Å²) < 4.78 is 25.0. The van der Waals surface area contributed by atoms with E-state index in [0.29, 0.717) is 29.0 Å². The topological polar surface area (TPSA) is 65.0 Å². The Morgan fingerprint density at radius 1 is 1.06 bits per heavy atom. The number of allylic oxidation sites excluding steroid dienone is 2. The first-order valence-electron chi connectivity index (χ1n) is 10.2. The van der Waals surface area contributed by atoms with Gasteiger partial charge in [-0.1, -0.05) is 30.3 Å². The number of hydrogen-bond donors (Lipinski definition) is 0. The first-order chi connectivity index (χ1) is 14.9. The molecule has 1 aliphatic heterocycles. The molecule has 0 spiro atoms. The van der Waals surface area contributed by atoms with Crippen LogP contribution in [0.5, 0.6) is 5.75 Å². The van der Waals surface area contributed by atoms with E-state index in [9.17, 15) is 14.0 Å². The van der Waals surface area contributed by atoms with Crippen molar-refractivity contribution in [3.8, 4) is 5.75 Å². The van der Waals surface area contributed by atoms with Crippen molar-refractivity contribution in [2.24, 2.45) is 10.9 Å². The van der Waals surface area contributed by atoms with Gasteiger partial charge in [-0.25, -0.2) is 4.39 Å². The molecule has 2 aromatic rings. The molecule has 0 N–H and O–H groups in total. The molecular formula is C25H24FNO4. The standard InChI is InChI=1S/C25H24FNO4/c1-14-22(25(29)31-3)23(18-6-4-5-7-19(18)26)24-20(27-14)12-16(13-21(24)28)15-8-10-17(30-2)11-9-15/h4-11,16,22-23H,12-13H2,1-3H3/t16-,22?,23+/m1/s1. The maximum Gasteiger partial charge on any atom is 0.315 e. The van der Waals surface area contributed by atoms with Gasteiger partial charge in [0.15, 0.2) is 5.78 Å². The lowest BCUT2D eigenvalue weighted by Crippen LogP contribution is -2.38. The number of hydrogen-bond acceptors (Lipinski definition) is 5. The highest BCUT2D eigenvalue weighted by Crippen LogP contribution is 2.47. The predicted octanol–water partition coefficient (Wildman–Crippen LogP) is 4.58. The Morgan fingerprint density at radius 3 is 2.42 bits per heavy atom. The summed E-state index contributed by atoms with van der Waals surface area (Å²) >= 11 is 0. The third-order valence-corrected chi connectivity index (χ3v) is 6.17. The number of benzene rings is 2. The van der Waals surface area contributed by atoms with Crippen molar-refractivity contribution in [3.63, 3.8) is 0 Å². The van der Waals surface area contributed by atoms with E-state index in [1.165, 1.54) is 13.2 Å². The van der Waals surface area contributed by atoms with Crippen LogP contribution in [0.4, 0.5) is 4.39 Å². The van der Waals surface area contributed by atoms with Crippen LogP contribution in [0, 0.1) is 11.7 Å². The van der Waals surface area contributed by atoms with E-state index in [1.54, 1.807) is 32.2 Å². The van der Waals surface area contributed by atoms with Crippen LogP contribution in [0.2, 0.25) is 0 Å². The Bertz CT molecular complexity index is 1090. The van der Waals surface area contributed by atoms with Crippen LogP contribution in [-0.2, 0) is 14.3 Å². The molecule has 1 aliphatic carbocycles. The van der Waals surface area contributed by atoms with Gasteiger partial charge in [0, 0.05) is 29.3 Å². The van der Waals surface area contributed by atoms with Crippen LogP contribution < -0.4 is 4.74 Å². The normalized spacial score (nSPS) is 23.2. The van der Waals surface area contributed by atoms with Crippen LogP contribution in [-0.4, -0.2) is 31.7 Å². The summed E-state index contributed by atoms with van der Waals surface area (Å²) in [4.78, 5) is 30.6. The highest BCUT2D eigenvalue weighted by atomic mass is 19.1. The van der Waals surface area contributed by atoms with Crippen molar-refractivity contribution in [2.75, 3.05) is 14.2 Å². The lowest BCUT2D eigenvalue weighted by molar-refractivity contribution is -0.143. The number of esters is 1. The summed E-state index contributed by atoms with van der Waals surface area (Å²) in [6.45, 7) is 1.74. The molecule has 2 aliphatic rings. The Hall–Kier alpha value is -3.28. The summed E-state index contributed by atoms with van der Waals surface area (Å²) in [5.74, 6) is -1.95. The molecule has 31 heavy (non-hydrogen) atoms. The molecule has 4 rings (SSSR count). The van der Waals surface area contributed by atoms with Gasteiger partial charge in [-0.3, -0.25) is 14.6 Å². The number of rotatable bonds is 4. The predicted molar refractivity (Wildman–Crippen MR) is 115 cm³/mol. The third kappa shape index (κ3) is 3.78. The van der Waals surface area contributed by atoms with E-state index in [2.05, 4.69) is 4.99 Å². The molecular weight excluding hydrogens is 397 g/mol. The molecule has 3 atom stereocenters. The van der Waals surface area contributed by atoms with E-state index in [1.807, 2.05) is 24.3 Å². The van der Waals surface area contributed by atoms with Crippen LogP contribution in [0.25, 0.3) is 0 Å². The average Bonchev–Trinajstić information content (AvgIpc) is 2.78. The number of nitrogens with zero attached hydrogens (tertiary/aromatic N) is 1. The van der Waals surface area contributed by atoms with Crippen molar-refractivity contribution < 1.29 is 23.5 Å². The van der Waals surface area contributed by atoms with Gasteiger partial charge in [-0.15, -0.1) is 0 Å². The molecule has 1 heterocycles. The van der Waals surface area contributed by atoms with E-state index in [-0.39, 0.29) is 18.1 Å². The number of ketones is 1. The molecule has 0 saturated heterocycles. The fraction of sp³-hybridized carbons (Fsp3) is 0.320. The Morgan fingerprint density at radius 2 is 1.77 bits per heavy atom. The molecule has 0 fully saturated rings. The van der Waals surface area contributed by atoms with Crippen molar-refractivity contribution in [1.29, 1.82) is 0 Å². The number of Topliss-reactive ketones (excluding diaryl/α,β-unsaturated/α-hetero) is 1. The Labute approximate surface area is 180 Å². The van der Waals surface area contributed by atoms with Gasteiger partial charge in [0.05, 0.1) is 14.2 Å². The van der Waals surface area contributed by atoms with E-state index < -0.39 is 23.6 Å². The van der Waals surface area contributed by atoms with Crippen LogP contribution >= 0.6 is 0 Å². The summed E-state index contributed by atoms with van der Waals surface area (Å²) in [5.41, 5.74) is 2.92. The van der Waals surface area contributed by atoms with Crippen molar-refractivity contribution in [2.45, 2.75) is 31.6 Å². The molecule has 0 amide bonds. The van der Waals surface area contributed by atoms with Crippen molar-refractivity contribution in [1.82, 2.24) is 0 Å². The maximum absolute atomic E-state index is 14.8. The number of ether oxygens (including phenoxy) is 2. The molecule has 5 nitrogen and oxygen atoms in total. The van der Waals surface area contributed by atoms with E-state index in [0.717, 1.165) is 11.3 Å². The second kappa shape index (κ2) is 8.46. The second-order valence-corrected chi connectivity index (χ2v) is 7.92. The van der Waals surface area contributed by atoms with Crippen LogP contribution in [0.1, 0.15) is 42.7 Å². The van der Waals surface area contributed by atoms with Crippen LogP contribution in [0.3, 0.4) is 0 Å². The summed E-state index contributed by atoms with van der Waals surface area (Å²) in [5, 5.41) is 0. The molecule has 0 bridgehead atoms. The average molecular weight is 421 g/mol. The molecule has 2 aromatic carbocycles. The van der Waals surface area contributed by atoms with Gasteiger partial charge < -0.3 is 9.47 Å². The van der Waals surface area contributed by atoms with Gasteiger partial charge in [-0.05, 0) is 48.6 Å². The van der Waals surface area contributed by atoms with E-state index >= 15 is 0 Å². The van der Waals surface area contributed by atoms with E-state index in [4.69, 9.17) is 9.47 Å². The smallest absolute Gasteiger partial charge is 0.315 e. The quantitative estimate of drug-likeness (QED) is 0.678. The first kappa shape index (κ1) is 21.0. The highest BCUT2D eigenvalue weighted by molar-refractivity contribution is 6.09. The SMILES string of the molecule is COC(=O)C1C(C)=NC2=C(C(=O)C[C@H](c3ccc(OC)cc3)C2)[C@H]1c1ccccc1F. The van der Waals surface area contributed by atoms with Gasteiger partial charge in [-0.2, -0.15) is 0 Å². The largest absolute Gasteiger partial charge is 0.497 e. The zero-order chi connectivity index (χ0) is 22.1. The minimum Gasteiger partial charge on any atom is -0.497 e. The molecule has 0 aromatic heterocycles. The number of carbonyl (C=O) groups excluding carboxylic acids is 2. The number of methoxy groups -OCH3 is 2. The Balaban J connectivity index is 1.79. The van der Waals surface area contributed by atoms with Gasteiger partial charge in [0.2, 0.25) is 0 Å². The number of aliphatic imine (C=N–C) groups is 1. The van der Waals surface area contributed by atoms with Crippen LogP contribution in [0.15, 0.2) is 64.8 Å². The van der Waals surface area contributed by atoms with Crippen molar-refractivity contribution in [3.05, 3.63) is 76.7 Å². The lowest BCUT2D eigenvalue weighted by Gasteiger charge is -2.36. The third-order valence-electron chi connectivity index (χ3n) is 6.17. The Kier molecular flexibility index (Phi) is 5.72. The highest BCUT2D eigenvalue weighted by Gasteiger charge is 2.45. The second-order valence-electron chi connectivity index (χ2n) is 7.92. The van der Waals surface area contributed by atoms with Gasteiger partial charge >= 0.3 is 5.97 Å². The van der Waals surface area contributed by atoms with Gasteiger partial charge in [0.1, 0.15) is 17.5 Å². The molecule has 1 unspecified atom stereocenters. The fourth-order valence-electron chi connectivity index (χ4n) is 4.67. The summed E-state index contributed by atoms with van der Waals surface area (Å²) in [6, 6.07) is 13.9. The first-order valence-corrected chi connectivity index (χ1v) is 10.2. The molecule has 0 saturated carbocycles. The minimum absolute atomic E-state index is 0.0374. The molecule has 0 radical (unpaired) electrons. The van der Waals surface area contributed by atoms with Gasteiger partial charge in [0.25, 0.3) is 0 Å². The molecule has 160 valence electrons. The molecule has 6 heteroatoms. The monoisotopic (exact) mass is 421 g/mol. The number of halogens is 1. The fourth-order valence-corrected chi connectivity index (χ4v) is 4.67. The minimum atomic E-state index is -0.831. The number of carbonyl (C=O) groups is 2.